The van der Waals surface area contributed by atoms with E-state index < -0.39 is 0 Å². The molecule has 1 aromatic carbocycles. The zero-order valence-electron chi connectivity index (χ0n) is 8.30. The van der Waals surface area contributed by atoms with E-state index in [0.29, 0.717) is 5.70 Å². The largest absolute Gasteiger partial charge is 0.397 e. The molecule has 2 heteroatoms. The molecule has 0 spiro atoms. The van der Waals surface area contributed by atoms with Crippen LogP contribution >= 0.6 is 0 Å². The van der Waals surface area contributed by atoms with Crippen LogP contribution in [0.15, 0.2) is 54.7 Å². The van der Waals surface area contributed by atoms with Crippen molar-refractivity contribution in [2.45, 2.75) is 0 Å². The molecule has 2 rings (SSSR count). The molecule has 0 aliphatic heterocycles. The summed E-state index contributed by atoms with van der Waals surface area (Å²) in [7, 11) is 0. The lowest BCUT2D eigenvalue weighted by Crippen LogP contribution is -1.97. The quantitative estimate of drug-likeness (QED) is 0.801. The van der Waals surface area contributed by atoms with E-state index >= 15 is 0 Å². The summed E-state index contributed by atoms with van der Waals surface area (Å²) in [5.74, 6) is 0. The van der Waals surface area contributed by atoms with E-state index in [4.69, 9.17) is 5.73 Å². The van der Waals surface area contributed by atoms with Gasteiger partial charge in [0.25, 0.3) is 0 Å². The minimum atomic E-state index is 0.682. The fourth-order valence-corrected chi connectivity index (χ4v) is 1.34. The van der Waals surface area contributed by atoms with Gasteiger partial charge in [-0.15, -0.1) is 0 Å². The fourth-order valence-electron chi connectivity index (χ4n) is 1.34. The van der Waals surface area contributed by atoms with Gasteiger partial charge in [-0.25, -0.2) is 0 Å². The van der Waals surface area contributed by atoms with Crippen LogP contribution in [0.3, 0.4) is 0 Å². The maximum Gasteiger partial charge on any atom is 0.0859 e. The molecule has 0 saturated heterocycles. The number of nitrogens with zero attached hydrogens (tertiary/aromatic N) is 1. The second-order valence-electron chi connectivity index (χ2n) is 3.23. The molecule has 2 nitrogen and oxygen atoms in total. The highest BCUT2D eigenvalue weighted by atomic mass is 14.7. The van der Waals surface area contributed by atoms with Gasteiger partial charge in [-0.3, -0.25) is 4.98 Å². The number of hydrogen-bond donors (Lipinski definition) is 1. The molecule has 0 aliphatic rings. The lowest BCUT2D eigenvalue weighted by molar-refractivity contribution is 1.26. The van der Waals surface area contributed by atoms with Crippen molar-refractivity contribution in [2.75, 3.05) is 0 Å². The Balaban J connectivity index is 2.29. The summed E-state index contributed by atoms with van der Waals surface area (Å²) in [4.78, 5) is 4.18. The molecule has 1 aromatic heterocycles. The van der Waals surface area contributed by atoms with E-state index in [0.717, 1.165) is 11.3 Å². The van der Waals surface area contributed by atoms with Crippen LogP contribution in [0.5, 0.6) is 0 Å². The second kappa shape index (κ2) is 4.42. The number of aromatic nitrogens is 1. The van der Waals surface area contributed by atoms with Crippen LogP contribution in [0.1, 0.15) is 11.3 Å². The predicted molar refractivity (Wildman–Crippen MR) is 62.7 cm³/mol. The molecular weight excluding hydrogens is 184 g/mol. The van der Waals surface area contributed by atoms with Gasteiger partial charge in [-0.1, -0.05) is 36.4 Å². The van der Waals surface area contributed by atoms with Crippen LogP contribution in [-0.2, 0) is 0 Å². The van der Waals surface area contributed by atoms with Gasteiger partial charge in [0.15, 0.2) is 0 Å². The summed E-state index contributed by atoms with van der Waals surface area (Å²) in [6.45, 7) is 0. The molecule has 0 amide bonds. The number of nitrogens with two attached hydrogens (primary N) is 1. The monoisotopic (exact) mass is 196 g/mol. The first-order valence-electron chi connectivity index (χ1n) is 4.80. The van der Waals surface area contributed by atoms with E-state index in [1.165, 1.54) is 0 Å². The van der Waals surface area contributed by atoms with Gasteiger partial charge < -0.3 is 5.73 Å². The highest BCUT2D eigenvalue weighted by molar-refractivity contribution is 5.77. The Hall–Kier alpha value is -2.09. The number of hydrogen-bond acceptors (Lipinski definition) is 2. The van der Waals surface area contributed by atoms with Gasteiger partial charge in [0.05, 0.1) is 11.4 Å². The van der Waals surface area contributed by atoms with Crippen LogP contribution in [-0.4, -0.2) is 4.98 Å². The normalized spacial score (nSPS) is 11.3. The highest BCUT2D eigenvalue weighted by Gasteiger charge is 1.96. The summed E-state index contributed by atoms with van der Waals surface area (Å²) in [5.41, 5.74) is 8.50. The third-order valence-corrected chi connectivity index (χ3v) is 2.08. The average Bonchev–Trinajstić information content (AvgIpc) is 2.31. The van der Waals surface area contributed by atoms with Crippen LogP contribution in [0.25, 0.3) is 11.8 Å². The number of benzene rings is 1. The van der Waals surface area contributed by atoms with E-state index in [-0.39, 0.29) is 0 Å². The zero-order chi connectivity index (χ0) is 10.5. The molecule has 0 fully saturated rings. The first-order valence-corrected chi connectivity index (χ1v) is 4.80. The molecule has 0 radical (unpaired) electrons. The third-order valence-electron chi connectivity index (χ3n) is 2.08. The van der Waals surface area contributed by atoms with Gasteiger partial charge in [-0.05, 0) is 23.8 Å². The Morgan fingerprint density at radius 3 is 2.40 bits per heavy atom. The Kier molecular flexibility index (Phi) is 2.79. The van der Waals surface area contributed by atoms with Crippen molar-refractivity contribution in [1.82, 2.24) is 4.98 Å². The van der Waals surface area contributed by atoms with E-state index in [1.807, 2.05) is 54.6 Å². The van der Waals surface area contributed by atoms with Crippen molar-refractivity contribution in [3.05, 3.63) is 66.0 Å². The van der Waals surface area contributed by atoms with Crippen molar-refractivity contribution in [2.24, 2.45) is 5.73 Å². The van der Waals surface area contributed by atoms with Gasteiger partial charge in [0.1, 0.15) is 0 Å². The molecule has 0 atom stereocenters. The Morgan fingerprint density at radius 2 is 1.73 bits per heavy atom. The van der Waals surface area contributed by atoms with Crippen molar-refractivity contribution in [3.8, 4) is 0 Å². The Bertz CT molecular complexity index is 446. The highest BCUT2D eigenvalue weighted by Crippen LogP contribution is 2.10. The molecule has 0 bridgehead atoms. The van der Waals surface area contributed by atoms with Gasteiger partial charge >= 0.3 is 0 Å². The SMILES string of the molecule is NC(=Cc1ccccc1)c1ccccn1. The summed E-state index contributed by atoms with van der Waals surface area (Å²) < 4.78 is 0. The van der Waals surface area contributed by atoms with Crippen molar-refractivity contribution < 1.29 is 0 Å². The van der Waals surface area contributed by atoms with Crippen LogP contribution in [0.2, 0.25) is 0 Å². The summed E-state index contributed by atoms with van der Waals surface area (Å²) >= 11 is 0. The maximum atomic E-state index is 5.93. The van der Waals surface area contributed by atoms with Crippen LogP contribution in [0, 0.1) is 0 Å². The molecule has 0 unspecified atom stereocenters. The summed E-state index contributed by atoms with van der Waals surface area (Å²) in [5, 5.41) is 0. The zero-order valence-corrected chi connectivity index (χ0v) is 8.30. The molecule has 2 N–H and O–H groups in total. The number of pyridine rings is 1. The molecule has 0 saturated carbocycles. The maximum absolute atomic E-state index is 5.93. The summed E-state index contributed by atoms with van der Waals surface area (Å²) in [6.07, 6.45) is 3.66. The van der Waals surface area contributed by atoms with Crippen molar-refractivity contribution >= 4 is 11.8 Å². The number of rotatable bonds is 2. The van der Waals surface area contributed by atoms with Gasteiger partial charge in [0, 0.05) is 6.20 Å². The Morgan fingerprint density at radius 1 is 1.00 bits per heavy atom. The first-order chi connectivity index (χ1) is 7.36. The third kappa shape index (κ3) is 2.44. The lowest BCUT2D eigenvalue weighted by atomic mass is 10.1. The lowest BCUT2D eigenvalue weighted by Gasteiger charge is -2.00. The van der Waals surface area contributed by atoms with Crippen LogP contribution in [0.4, 0.5) is 0 Å². The minimum absolute atomic E-state index is 0.682. The fraction of sp³-hybridized carbons (Fsp3) is 0. The van der Waals surface area contributed by atoms with Crippen LogP contribution < -0.4 is 5.73 Å². The van der Waals surface area contributed by atoms with Gasteiger partial charge in [-0.2, -0.15) is 0 Å². The summed E-state index contributed by atoms with van der Waals surface area (Å²) in [6, 6.07) is 15.7. The van der Waals surface area contributed by atoms with E-state index in [9.17, 15) is 0 Å². The molecular formula is C13H12N2. The minimum Gasteiger partial charge on any atom is -0.397 e. The molecule has 74 valence electrons. The smallest absolute Gasteiger partial charge is 0.0859 e. The average molecular weight is 196 g/mol. The molecule has 15 heavy (non-hydrogen) atoms. The van der Waals surface area contributed by atoms with Crippen molar-refractivity contribution in [1.29, 1.82) is 0 Å². The standard InChI is InChI=1S/C13H12N2/c14-12(13-8-4-5-9-15-13)10-11-6-2-1-3-7-11/h1-10H,14H2. The predicted octanol–water partition coefficient (Wildman–Crippen LogP) is 2.54. The molecule has 2 aromatic rings. The van der Waals surface area contributed by atoms with E-state index in [2.05, 4.69) is 4.98 Å². The Labute approximate surface area is 89.1 Å². The molecule has 1 heterocycles. The van der Waals surface area contributed by atoms with Crippen molar-refractivity contribution in [3.63, 3.8) is 0 Å². The second-order valence-corrected chi connectivity index (χ2v) is 3.23. The first kappa shape index (κ1) is 9.46. The van der Waals surface area contributed by atoms with E-state index in [1.54, 1.807) is 6.20 Å². The molecule has 0 aliphatic carbocycles. The topological polar surface area (TPSA) is 38.9 Å². The van der Waals surface area contributed by atoms with Gasteiger partial charge in [0.2, 0.25) is 0 Å².